The van der Waals surface area contributed by atoms with Crippen molar-refractivity contribution >= 4 is 27.5 Å². The minimum atomic E-state index is -3.71. The van der Waals surface area contributed by atoms with Gasteiger partial charge in [0, 0.05) is 11.1 Å². The number of carbonyl (C=O) groups is 1. The van der Waals surface area contributed by atoms with E-state index in [1.165, 1.54) is 18.2 Å². The van der Waals surface area contributed by atoms with Crippen LogP contribution >= 0.6 is 11.6 Å². The van der Waals surface area contributed by atoms with E-state index in [-0.39, 0.29) is 23.4 Å². The van der Waals surface area contributed by atoms with Crippen molar-refractivity contribution in [2.45, 2.75) is 24.8 Å². The number of sulfonamides is 1. The largest absolute Gasteiger partial charge is 0.353 e. The van der Waals surface area contributed by atoms with Crippen LogP contribution in [0, 0.1) is 0 Å². The molecule has 0 aliphatic rings. The normalized spacial score (nSPS) is 11.6. The quantitative estimate of drug-likeness (QED) is 0.854. The molecular weight excluding hydrogens is 276 g/mol. The Kier molecular flexibility index (Phi) is 5.13. The van der Waals surface area contributed by atoms with Gasteiger partial charge in [-0.1, -0.05) is 17.7 Å². The monoisotopic (exact) mass is 290 g/mol. The SMILES string of the molecule is CC(C)NC(=O)CNS(=O)(=O)c1cccc(Cl)c1. The molecule has 2 N–H and O–H groups in total. The summed E-state index contributed by atoms with van der Waals surface area (Å²) in [5.74, 6) is -0.379. The first-order valence-electron chi connectivity index (χ1n) is 5.36. The molecule has 0 fully saturated rings. The van der Waals surface area contributed by atoms with E-state index in [1.807, 2.05) is 0 Å². The number of amides is 1. The summed E-state index contributed by atoms with van der Waals surface area (Å²) >= 11 is 5.71. The van der Waals surface area contributed by atoms with Gasteiger partial charge in [-0.25, -0.2) is 13.1 Å². The third-order valence-electron chi connectivity index (χ3n) is 1.98. The van der Waals surface area contributed by atoms with Crippen molar-refractivity contribution in [3.63, 3.8) is 0 Å². The van der Waals surface area contributed by atoms with Crippen molar-refractivity contribution in [3.05, 3.63) is 29.3 Å². The van der Waals surface area contributed by atoms with Crippen molar-refractivity contribution in [1.29, 1.82) is 0 Å². The Morgan fingerprint density at radius 1 is 1.39 bits per heavy atom. The summed E-state index contributed by atoms with van der Waals surface area (Å²) in [6.07, 6.45) is 0. The van der Waals surface area contributed by atoms with E-state index in [9.17, 15) is 13.2 Å². The highest BCUT2D eigenvalue weighted by Crippen LogP contribution is 2.14. The Bertz CT molecular complexity index is 529. The van der Waals surface area contributed by atoms with Gasteiger partial charge in [0.1, 0.15) is 0 Å². The van der Waals surface area contributed by atoms with Crippen LogP contribution in [0.25, 0.3) is 0 Å². The van der Waals surface area contributed by atoms with Gasteiger partial charge in [-0.3, -0.25) is 4.79 Å². The van der Waals surface area contributed by atoms with Crippen molar-refractivity contribution in [2.75, 3.05) is 6.54 Å². The molecule has 0 radical (unpaired) electrons. The van der Waals surface area contributed by atoms with Gasteiger partial charge in [-0.05, 0) is 32.0 Å². The number of carbonyl (C=O) groups excluding carboxylic acids is 1. The summed E-state index contributed by atoms with van der Waals surface area (Å²) in [6.45, 7) is 3.29. The fourth-order valence-corrected chi connectivity index (χ4v) is 2.53. The molecule has 1 aromatic rings. The molecule has 0 unspecified atom stereocenters. The highest BCUT2D eigenvalue weighted by Gasteiger charge is 2.15. The van der Waals surface area contributed by atoms with Crippen molar-refractivity contribution in [2.24, 2.45) is 0 Å². The first-order valence-corrected chi connectivity index (χ1v) is 7.22. The lowest BCUT2D eigenvalue weighted by Gasteiger charge is -2.09. The summed E-state index contributed by atoms with van der Waals surface area (Å²) in [4.78, 5) is 11.4. The third kappa shape index (κ3) is 4.64. The zero-order chi connectivity index (χ0) is 13.8. The second-order valence-electron chi connectivity index (χ2n) is 4.00. The summed E-state index contributed by atoms with van der Waals surface area (Å²) in [6, 6.07) is 5.81. The second-order valence-corrected chi connectivity index (χ2v) is 6.21. The molecule has 7 heteroatoms. The molecule has 1 rings (SSSR count). The van der Waals surface area contributed by atoms with Gasteiger partial charge in [0.05, 0.1) is 11.4 Å². The third-order valence-corrected chi connectivity index (χ3v) is 3.61. The Labute approximate surface area is 112 Å². The molecule has 0 aliphatic carbocycles. The zero-order valence-corrected chi connectivity index (χ0v) is 11.7. The van der Waals surface area contributed by atoms with E-state index in [1.54, 1.807) is 19.9 Å². The maximum Gasteiger partial charge on any atom is 0.241 e. The van der Waals surface area contributed by atoms with Gasteiger partial charge in [0.15, 0.2) is 0 Å². The Hall–Kier alpha value is -1.11. The predicted molar refractivity (Wildman–Crippen MR) is 69.9 cm³/mol. The van der Waals surface area contributed by atoms with Gasteiger partial charge in [0.25, 0.3) is 0 Å². The molecule has 1 aromatic carbocycles. The number of halogens is 1. The van der Waals surface area contributed by atoms with E-state index in [0.29, 0.717) is 5.02 Å². The fraction of sp³-hybridized carbons (Fsp3) is 0.364. The van der Waals surface area contributed by atoms with Gasteiger partial charge in [-0.2, -0.15) is 0 Å². The molecule has 0 bridgehead atoms. The minimum Gasteiger partial charge on any atom is -0.353 e. The van der Waals surface area contributed by atoms with Gasteiger partial charge < -0.3 is 5.32 Å². The minimum absolute atomic E-state index is 0.0341. The predicted octanol–water partition coefficient (Wildman–Crippen LogP) is 1.14. The Morgan fingerprint density at radius 2 is 2.06 bits per heavy atom. The molecule has 0 aliphatic heterocycles. The lowest BCUT2D eigenvalue weighted by molar-refractivity contribution is -0.120. The molecule has 0 atom stereocenters. The smallest absolute Gasteiger partial charge is 0.241 e. The fourth-order valence-electron chi connectivity index (χ4n) is 1.25. The van der Waals surface area contributed by atoms with E-state index in [4.69, 9.17) is 11.6 Å². The summed E-state index contributed by atoms with van der Waals surface area (Å²) in [5.41, 5.74) is 0. The molecule has 0 heterocycles. The second kappa shape index (κ2) is 6.17. The van der Waals surface area contributed by atoms with E-state index in [0.717, 1.165) is 0 Å². The van der Waals surface area contributed by atoms with Crippen LogP contribution in [0.4, 0.5) is 0 Å². The number of benzene rings is 1. The van der Waals surface area contributed by atoms with Gasteiger partial charge in [-0.15, -0.1) is 0 Å². The summed E-state index contributed by atoms with van der Waals surface area (Å²) < 4.78 is 25.9. The first kappa shape index (κ1) is 14.9. The van der Waals surface area contributed by atoms with Crippen LogP contribution in [-0.2, 0) is 14.8 Å². The van der Waals surface area contributed by atoms with Crippen LogP contribution in [0.1, 0.15) is 13.8 Å². The van der Waals surface area contributed by atoms with Crippen molar-refractivity contribution in [3.8, 4) is 0 Å². The number of nitrogens with one attached hydrogen (secondary N) is 2. The number of hydrogen-bond donors (Lipinski definition) is 2. The van der Waals surface area contributed by atoms with Crippen LogP contribution < -0.4 is 10.0 Å². The Balaban J connectivity index is 2.69. The lowest BCUT2D eigenvalue weighted by atomic mass is 10.4. The van der Waals surface area contributed by atoms with Crippen LogP contribution in [0.15, 0.2) is 29.2 Å². The van der Waals surface area contributed by atoms with Crippen LogP contribution in [0.3, 0.4) is 0 Å². The molecule has 100 valence electrons. The highest BCUT2D eigenvalue weighted by molar-refractivity contribution is 7.89. The molecule has 5 nitrogen and oxygen atoms in total. The van der Waals surface area contributed by atoms with Gasteiger partial charge in [0.2, 0.25) is 15.9 Å². The molecule has 0 spiro atoms. The molecule has 0 saturated carbocycles. The summed E-state index contributed by atoms with van der Waals surface area (Å²) in [7, 11) is -3.71. The molecule has 1 amide bonds. The lowest BCUT2D eigenvalue weighted by Crippen LogP contribution is -2.39. The molecular formula is C11H15ClN2O3S. The highest BCUT2D eigenvalue weighted by atomic mass is 35.5. The van der Waals surface area contributed by atoms with Crippen LogP contribution in [0.5, 0.6) is 0 Å². The van der Waals surface area contributed by atoms with Crippen molar-refractivity contribution < 1.29 is 13.2 Å². The maximum absolute atomic E-state index is 11.8. The van der Waals surface area contributed by atoms with Crippen molar-refractivity contribution in [1.82, 2.24) is 10.0 Å². The molecule has 0 aromatic heterocycles. The average molecular weight is 291 g/mol. The number of rotatable bonds is 5. The van der Waals surface area contributed by atoms with Crippen LogP contribution in [-0.4, -0.2) is 26.9 Å². The molecule has 0 saturated heterocycles. The van der Waals surface area contributed by atoms with Crippen LogP contribution in [0.2, 0.25) is 5.02 Å². The maximum atomic E-state index is 11.8. The van der Waals surface area contributed by atoms with E-state index < -0.39 is 10.0 Å². The Morgan fingerprint density at radius 3 is 2.61 bits per heavy atom. The number of hydrogen-bond acceptors (Lipinski definition) is 3. The van der Waals surface area contributed by atoms with Gasteiger partial charge >= 0.3 is 0 Å². The zero-order valence-electron chi connectivity index (χ0n) is 10.1. The standard InChI is InChI=1S/C11H15ClN2O3S/c1-8(2)14-11(15)7-13-18(16,17)10-5-3-4-9(12)6-10/h3-6,8,13H,7H2,1-2H3,(H,14,15). The van der Waals surface area contributed by atoms with E-state index >= 15 is 0 Å². The first-order chi connectivity index (χ1) is 8.31. The average Bonchev–Trinajstić information content (AvgIpc) is 2.26. The topological polar surface area (TPSA) is 75.3 Å². The summed E-state index contributed by atoms with van der Waals surface area (Å²) in [5, 5.41) is 2.91. The van der Waals surface area contributed by atoms with E-state index in [2.05, 4.69) is 10.0 Å². The molecule has 18 heavy (non-hydrogen) atoms.